The third-order valence-corrected chi connectivity index (χ3v) is 5.77. The first kappa shape index (κ1) is 22.7. The molecule has 0 spiro atoms. The molecule has 0 radical (unpaired) electrons. The zero-order valence-electron chi connectivity index (χ0n) is 17.7. The number of carbonyl (C=O) groups excluding carboxylic acids is 1. The SMILES string of the molecule is COc1cc(C(=O)NCCCSc2ccc(F)cc2)ccc1OCc1c(C)noc1C. The number of carbonyl (C=O) groups is 1. The van der Waals surface area contributed by atoms with Gasteiger partial charge >= 0.3 is 0 Å². The van der Waals surface area contributed by atoms with E-state index in [0.29, 0.717) is 36.0 Å². The molecule has 31 heavy (non-hydrogen) atoms. The second kappa shape index (κ2) is 10.9. The summed E-state index contributed by atoms with van der Waals surface area (Å²) in [6, 6.07) is 11.5. The number of nitrogens with zero attached hydrogens (tertiary/aromatic N) is 1. The van der Waals surface area contributed by atoms with Gasteiger partial charge in [0.2, 0.25) is 0 Å². The topological polar surface area (TPSA) is 73.6 Å². The molecular weight excluding hydrogens is 419 g/mol. The predicted molar refractivity (Wildman–Crippen MR) is 117 cm³/mol. The molecular formula is C23H25FN2O4S. The summed E-state index contributed by atoms with van der Waals surface area (Å²) in [6.45, 7) is 4.54. The van der Waals surface area contributed by atoms with Crippen LogP contribution in [0.4, 0.5) is 4.39 Å². The monoisotopic (exact) mass is 444 g/mol. The lowest BCUT2D eigenvalue weighted by atomic mass is 10.2. The molecule has 1 heterocycles. The number of amides is 1. The first-order chi connectivity index (χ1) is 15.0. The van der Waals surface area contributed by atoms with Crippen LogP contribution in [0.25, 0.3) is 0 Å². The van der Waals surface area contributed by atoms with E-state index in [1.165, 1.54) is 19.2 Å². The lowest BCUT2D eigenvalue weighted by Crippen LogP contribution is -2.24. The Morgan fingerprint density at radius 2 is 1.94 bits per heavy atom. The van der Waals surface area contributed by atoms with Gasteiger partial charge in [-0.2, -0.15) is 0 Å². The number of benzene rings is 2. The van der Waals surface area contributed by atoms with Crippen LogP contribution in [0.1, 0.15) is 33.8 Å². The third-order valence-electron chi connectivity index (χ3n) is 4.67. The number of hydrogen-bond donors (Lipinski definition) is 1. The van der Waals surface area contributed by atoms with Crippen LogP contribution in [0.15, 0.2) is 51.9 Å². The first-order valence-electron chi connectivity index (χ1n) is 9.87. The van der Waals surface area contributed by atoms with E-state index >= 15 is 0 Å². The molecule has 1 aromatic heterocycles. The number of ether oxygens (including phenoxy) is 2. The molecule has 164 valence electrons. The second-order valence-corrected chi connectivity index (χ2v) is 8.04. The number of hydrogen-bond acceptors (Lipinski definition) is 6. The van der Waals surface area contributed by atoms with Crippen molar-refractivity contribution in [2.45, 2.75) is 31.8 Å². The van der Waals surface area contributed by atoms with Crippen LogP contribution in [-0.2, 0) is 6.61 Å². The molecule has 0 aliphatic carbocycles. The summed E-state index contributed by atoms with van der Waals surface area (Å²) in [4.78, 5) is 13.5. The Morgan fingerprint density at radius 1 is 1.16 bits per heavy atom. The summed E-state index contributed by atoms with van der Waals surface area (Å²) >= 11 is 1.63. The molecule has 6 nitrogen and oxygen atoms in total. The summed E-state index contributed by atoms with van der Waals surface area (Å²) in [7, 11) is 1.53. The third kappa shape index (κ3) is 6.24. The molecule has 0 fully saturated rings. The van der Waals surface area contributed by atoms with Gasteiger partial charge in [-0.1, -0.05) is 5.16 Å². The van der Waals surface area contributed by atoms with Crippen LogP contribution in [0.2, 0.25) is 0 Å². The summed E-state index contributed by atoms with van der Waals surface area (Å²) in [5.41, 5.74) is 2.17. The van der Waals surface area contributed by atoms with Crippen molar-refractivity contribution in [3.8, 4) is 11.5 Å². The van der Waals surface area contributed by atoms with Crippen molar-refractivity contribution in [1.29, 1.82) is 0 Å². The van der Waals surface area contributed by atoms with Gasteiger partial charge < -0.3 is 19.3 Å². The maximum absolute atomic E-state index is 12.9. The fourth-order valence-corrected chi connectivity index (χ4v) is 3.74. The van der Waals surface area contributed by atoms with Crippen LogP contribution in [0.5, 0.6) is 11.5 Å². The maximum atomic E-state index is 12.9. The zero-order chi connectivity index (χ0) is 22.2. The molecule has 0 saturated carbocycles. The fourth-order valence-electron chi connectivity index (χ4n) is 2.88. The molecule has 3 aromatic rings. The average Bonchev–Trinajstić information content (AvgIpc) is 3.10. The Morgan fingerprint density at radius 3 is 2.61 bits per heavy atom. The Hall–Kier alpha value is -3.00. The second-order valence-electron chi connectivity index (χ2n) is 6.87. The quantitative estimate of drug-likeness (QED) is 0.353. The lowest BCUT2D eigenvalue weighted by molar-refractivity contribution is 0.0953. The predicted octanol–water partition coefficient (Wildman–Crippen LogP) is 4.93. The van der Waals surface area contributed by atoms with Gasteiger partial charge in [-0.05, 0) is 68.5 Å². The van der Waals surface area contributed by atoms with Crippen LogP contribution in [0.3, 0.4) is 0 Å². The molecule has 8 heteroatoms. The van der Waals surface area contributed by atoms with E-state index < -0.39 is 0 Å². The highest BCUT2D eigenvalue weighted by molar-refractivity contribution is 7.99. The van der Waals surface area contributed by atoms with Gasteiger partial charge in [0.15, 0.2) is 11.5 Å². The highest BCUT2D eigenvalue weighted by atomic mass is 32.2. The van der Waals surface area contributed by atoms with E-state index in [1.807, 2.05) is 13.8 Å². The van der Waals surface area contributed by atoms with Gasteiger partial charge in [-0.15, -0.1) is 11.8 Å². The highest BCUT2D eigenvalue weighted by Crippen LogP contribution is 2.29. The van der Waals surface area contributed by atoms with Crippen molar-refractivity contribution in [1.82, 2.24) is 10.5 Å². The molecule has 0 atom stereocenters. The number of thioether (sulfide) groups is 1. The summed E-state index contributed by atoms with van der Waals surface area (Å²) in [5, 5.41) is 6.82. The molecule has 1 amide bonds. The standard InChI is InChI=1S/C23H25FN2O4S/c1-15-20(16(2)30-26-15)14-29-21-10-5-17(13-22(21)28-3)23(27)25-11-4-12-31-19-8-6-18(24)7-9-19/h5-10,13H,4,11-12,14H2,1-3H3,(H,25,27). The van der Waals surface area contributed by atoms with E-state index in [0.717, 1.165) is 28.3 Å². The van der Waals surface area contributed by atoms with E-state index in [2.05, 4.69) is 10.5 Å². The van der Waals surface area contributed by atoms with Gasteiger partial charge in [0.1, 0.15) is 18.2 Å². The number of methoxy groups -OCH3 is 1. The molecule has 0 unspecified atom stereocenters. The molecule has 0 bridgehead atoms. The normalized spacial score (nSPS) is 10.7. The zero-order valence-corrected chi connectivity index (χ0v) is 18.6. The van der Waals surface area contributed by atoms with Crippen molar-refractivity contribution < 1.29 is 23.2 Å². The van der Waals surface area contributed by atoms with E-state index in [-0.39, 0.29) is 11.7 Å². The number of halogens is 1. The van der Waals surface area contributed by atoms with Gasteiger partial charge in [0, 0.05) is 17.0 Å². The molecule has 0 aliphatic rings. The Balaban J connectivity index is 1.48. The summed E-state index contributed by atoms with van der Waals surface area (Å²) in [6.07, 6.45) is 0.795. The molecule has 1 N–H and O–H groups in total. The number of aromatic nitrogens is 1. The van der Waals surface area contributed by atoms with Crippen LogP contribution in [-0.4, -0.2) is 30.5 Å². The highest BCUT2D eigenvalue weighted by Gasteiger charge is 2.14. The van der Waals surface area contributed by atoms with Crippen LogP contribution in [0, 0.1) is 19.7 Å². The largest absolute Gasteiger partial charge is 0.493 e. The Kier molecular flexibility index (Phi) is 7.94. The molecule has 0 aliphatic heterocycles. The summed E-state index contributed by atoms with van der Waals surface area (Å²) in [5.74, 6) is 2.13. The minimum absolute atomic E-state index is 0.178. The van der Waals surface area contributed by atoms with Crippen LogP contribution < -0.4 is 14.8 Å². The lowest BCUT2D eigenvalue weighted by Gasteiger charge is -2.12. The minimum atomic E-state index is -0.243. The van der Waals surface area contributed by atoms with Gasteiger partial charge in [-0.3, -0.25) is 4.79 Å². The van der Waals surface area contributed by atoms with Crippen molar-refractivity contribution in [2.24, 2.45) is 0 Å². The fraction of sp³-hybridized carbons (Fsp3) is 0.304. The van der Waals surface area contributed by atoms with E-state index in [4.69, 9.17) is 14.0 Å². The van der Waals surface area contributed by atoms with Crippen molar-refractivity contribution in [2.75, 3.05) is 19.4 Å². The molecule has 2 aromatic carbocycles. The van der Waals surface area contributed by atoms with Crippen molar-refractivity contribution in [3.63, 3.8) is 0 Å². The van der Waals surface area contributed by atoms with Crippen LogP contribution >= 0.6 is 11.8 Å². The maximum Gasteiger partial charge on any atom is 0.251 e. The first-order valence-corrected chi connectivity index (χ1v) is 10.9. The van der Waals surface area contributed by atoms with E-state index in [1.54, 1.807) is 42.1 Å². The van der Waals surface area contributed by atoms with Crippen molar-refractivity contribution in [3.05, 3.63) is 70.9 Å². The summed E-state index contributed by atoms with van der Waals surface area (Å²) < 4.78 is 29.3. The minimum Gasteiger partial charge on any atom is -0.493 e. The Labute approximate surface area is 185 Å². The van der Waals surface area contributed by atoms with Gasteiger partial charge in [0.25, 0.3) is 5.91 Å². The molecule has 0 saturated heterocycles. The Bertz CT molecular complexity index is 1000. The molecule has 3 rings (SSSR count). The number of aryl methyl sites for hydroxylation is 2. The average molecular weight is 445 g/mol. The van der Waals surface area contributed by atoms with Gasteiger partial charge in [-0.25, -0.2) is 4.39 Å². The number of rotatable bonds is 10. The van der Waals surface area contributed by atoms with Crippen molar-refractivity contribution >= 4 is 17.7 Å². The van der Waals surface area contributed by atoms with Gasteiger partial charge in [0.05, 0.1) is 18.4 Å². The number of nitrogens with one attached hydrogen (secondary N) is 1. The van der Waals surface area contributed by atoms with E-state index in [9.17, 15) is 9.18 Å². The smallest absolute Gasteiger partial charge is 0.251 e.